The fourth-order valence-electron chi connectivity index (χ4n) is 1.98. The molecule has 0 atom stereocenters. The molecule has 0 heterocycles. The molecular formula is C18H20O2S. The Bertz CT molecular complexity index is 624. The van der Waals surface area contributed by atoms with Crippen LogP contribution < -0.4 is 0 Å². The number of hydrogen-bond acceptors (Lipinski definition) is 3. The van der Waals surface area contributed by atoms with E-state index in [1.807, 2.05) is 18.2 Å². The van der Waals surface area contributed by atoms with E-state index < -0.39 is 0 Å². The number of methoxy groups -OCH3 is 1. The van der Waals surface area contributed by atoms with Crippen molar-refractivity contribution in [2.75, 3.05) is 7.11 Å². The van der Waals surface area contributed by atoms with Gasteiger partial charge in [-0.3, -0.25) is 0 Å². The molecule has 21 heavy (non-hydrogen) atoms. The van der Waals surface area contributed by atoms with Gasteiger partial charge in [0.05, 0.1) is 12.7 Å². The predicted molar refractivity (Wildman–Crippen MR) is 87.0 cm³/mol. The van der Waals surface area contributed by atoms with E-state index in [1.54, 1.807) is 17.8 Å². The van der Waals surface area contributed by atoms with E-state index in [0.29, 0.717) is 5.56 Å². The maximum atomic E-state index is 11.8. The molecule has 0 aliphatic heterocycles. The predicted octanol–water partition coefficient (Wildman–Crippen LogP) is 4.92. The van der Waals surface area contributed by atoms with Crippen LogP contribution in [0.15, 0.2) is 58.3 Å². The van der Waals surface area contributed by atoms with Gasteiger partial charge in [-0.05, 0) is 35.2 Å². The number of rotatable bonds is 3. The van der Waals surface area contributed by atoms with E-state index in [4.69, 9.17) is 4.74 Å². The molecule has 2 nitrogen and oxygen atoms in total. The molecule has 110 valence electrons. The smallest absolute Gasteiger partial charge is 0.339 e. The van der Waals surface area contributed by atoms with E-state index >= 15 is 0 Å². The lowest BCUT2D eigenvalue weighted by Crippen LogP contribution is -2.10. The van der Waals surface area contributed by atoms with Gasteiger partial charge in [0.15, 0.2) is 0 Å². The molecule has 0 radical (unpaired) electrons. The van der Waals surface area contributed by atoms with Crippen molar-refractivity contribution in [2.45, 2.75) is 36.0 Å². The van der Waals surface area contributed by atoms with Crippen molar-refractivity contribution in [3.8, 4) is 0 Å². The second-order valence-electron chi connectivity index (χ2n) is 5.86. The van der Waals surface area contributed by atoms with E-state index in [2.05, 4.69) is 45.0 Å². The molecule has 0 aliphatic rings. The Morgan fingerprint density at radius 3 is 2.19 bits per heavy atom. The number of carbonyl (C=O) groups excluding carboxylic acids is 1. The largest absolute Gasteiger partial charge is 0.465 e. The van der Waals surface area contributed by atoms with Gasteiger partial charge in [-0.2, -0.15) is 0 Å². The summed E-state index contributed by atoms with van der Waals surface area (Å²) in [5, 5.41) is 0. The van der Waals surface area contributed by atoms with Gasteiger partial charge >= 0.3 is 5.97 Å². The molecule has 3 heteroatoms. The van der Waals surface area contributed by atoms with Crippen molar-refractivity contribution in [2.24, 2.45) is 0 Å². The molecule has 0 aliphatic carbocycles. The zero-order chi connectivity index (χ0) is 15.5. The molecule has 0 saturated heterocycles. The topological polar surface area (TPSA) is 26.3 Å². The monoisotopic (exact) mass is 300 g/mol. The van der Waals surface area contributed by atoms with Crippen LogP contribution in [0, 0.1) is 0 Å². The lowest BCUT2D eigenvalue weighted by atomic mass is 9.87. The number of benzene rings is 2. The first-order chi connectivity index (χ1) is 9.91. The minimum Gasteiger partial charge on any atom is -0.465 e. The van der Waals surface area contributed by atoms with Crippen LogP contribution in [0.2, 0.25) is 0 Å². The molecule has 2 aromatic carbocycles. The molecule has 0 fully saturated rings. The highest BCUT2D eigenvalue weighted by Gasteiger charge is 2.14. The van der Waals surface area contributed by atoms with Gasteiger partial charge in [-0.1, -0.05) is 56.8 Å². The first-order valence-corrected chi connectivity index (χ1v) is 7.69. The maximum absolute atomic E-state index is 11.8. The van der Waals surface area contributed by atoms with E-state index in [1.165, 1.54) is 12.7 Å². The SMILES string of the molecule is COC(=O)c1ccccc1Sc1ccc(C(C)(C)C)cc1. The van der Waals surface area contributed by atoms with Crippen LogP contribution in [0.3, 0.4) is 0 Å². The molecule has 2 rings (SSSR count). The Labute approximate surface area is 130 Å². The summed E-state index contributed by atoms with van der Waals surface area (Å²) in [5.41, 5.74) is 2.05. The van der Waals surface area contributed by atoms with Crippen molar-refractivity contribution in [3.63, 3.8) is 0 Å². The summed E-state index contributed by atoms with van der Waals surface area (Å²) in [5.74, 6) is -0.301. The third-order valence-corrected chi connectivity index (χ3v) is 4.32. The molecule has 0 saturated carbocycles. The van der Waals surface area contributed by atoms with Gasteiger partial charge in [-0.15, -0.1) is 0 Å². The fourth-order valence-corrected chi connectivity index (χ4v) is 2.92. The number of hydrogen-bond donors (Lipinski definition) is 0. The van der Waals surface area contributed by atoms with Crippen molar-refractivity contribution in [1.29, 1.82) is 0 Å². The van der Waals surface area contributed by atoms with E-state index in [9.17, 15) is 4.79 Å². The molecular weight excluding hydrogens is 280 g/mol. The number of ether oxygens (including phenoxy) is 1. The molecule has 0 amide bonds. The Balaban J connectivity index is 2.25. The lowest BCUT2D eigenvalue weighted by Gasteiger charge is -2.19. The van der Waals surface area contributed by atoms with Gasteiger partial charge in [0.25, 0.3) is 0 Å². The highest BCUT2D eigenvalue weighted by atomic mass is 32.2. The Morgan fingerprint density at radius 2 is 1.62 bits per heavy atom. The number of carbonyl (C=O) groups is 1. The summed E-state index contributed by atoms with van der Waals surface area (Å²) in [4.78, 5) is 13.8. The summed E-state index contributed by atoms with van der Waals surface area (Å²) in [6, 6.07) is 16.0. The van der Waals surface area contributed by atoms with Gasteiger partial charge in [-0.25, -0.2) is 4.79 Å². The molecule has 0 unspecified atom stereocenters. The molecule has 0 spiro atoms. The summed E-state index contributed by atoms with van der Waals surface area (Å²) in [6.45, 7) is 6.59. The Kier molecular flexibility index (Phi) is 4.73. The highest BCUT2D eigenvalue weighted by molar-refractivity contribution is 7.99. The molecule has 2 aromatic rings. The Hall–Kier alpha value is -1.74. The normalized spacial score (nSPS) is 11.2. The van der Waals surface area contributed by atoms with Crippen molar-refractivity contribution in [3.05, 3.63) is 59.7 Å². The Morgan fingerprint density at radius 1 is 1.00 bits per heavy atom. The van der Waals surface area contributed by atoms with Gasteiger partial charge < -0.3 is 4.74 Å². The average molecular weight is 300 g/mol. The minimum atomic E-state index is -0.301. The number of esters is 1. The minimum absolute atomic E-state index is 0.146. The zero-order valence-corrected chi connectivity index (χ0v) is 13.7. The lowest BCUT2D eigenvalue weighted by molar-refractivity contribution is 0.0597. The molecule has 0 aromatic heterocycles. The van der Waals surface area contributed by atoms with Crippen LogP contribution in [0.1, 0.15) is 36.7 Å². The summed E-state index contributed by atoms with van der Waals surface area (Å²) < 4.78 is 4.83. The zero-order valence-electron chi connectivity index (χ0n) is 12.8. The quantitative estimate of drug-likeness (QED) is 0.752. The van der Waals surface area contributed by atoms with Crippen molar-refractivity contribution in [1.82, 2.24) is 0 Å². The highest BCUT2D eigenvalue weighted by Crippen LogP contribution is 2.32. The van der Waals surface area contributed by atoms with Crippen LogP contribution in [0.5, 0.6) is 0 Å². The standard InChI is InChI=1S/C18H20O2S/c1-18(2,3)13-9-11-14(12-10-13)21-16-8-6-5-7-15(16)17(19)20-4/h5-12H,1-4H3. The van der Waals surface area contributed by atoms with Crippen molar-refractivity contribution >= 4 is 17.7 Å². The molecule has 0 bridgehead atoms. The fraction of sp³-hybridized carbons (Fsp3) is 0.278. The van der Waals surface area contributed by atoms with Crippen LogP contribution in [0.4, 0.5) is 0 Å². The van der Waals surface area contributed by atoms with Crippen LogP contribution in [-0.2, 0) is 10.2 Å². The summed E-state index contributed by atoms with van der Waals surface area (Å²) in [6.07, 6.45) is 0. The third kappa shape index (κ3) is 3.88. The van der Waals surface area contributed by atoms with E-state index in [0.717, 1.165) is 9.79 Å². The van der Waals surface area contributed by atoms with Crippen molar-refractivity contribution < 1.29 is 9.53 Å². The average Bonchev–Trinajstić information content (AvgIpc) is 2.46. The van der Waals surface area contributed by atoms with Crippen LogP contribution in [0.25, 0.3) is 0 Å². The maximum Gasteiger partial charge on any atom is 0.339 e. The van der Waals surface area contributed by atoms with E-state index in [-0.39, 0.29) is 11.4 Å². The van der Waals surface area contributed by atoms with Crippen LogP contribution >= 0.6 is 11.8 Å². The van der Waals surface area contributed by atoms with Gasteiger partial charge in [0, 0.05) is 9.79 Å². The first kappa shape index (κ1) is 15.6. The molecule has 0 N–H and O–H groups in total. The second-order valence-corrected chi connectivity index (χ2v) is 6.98. The van der Waals surface area contributed by atoms with Crippen LogP contribution in [-0.4, -0.2) is 13.1 Å². The van der Waals surface area contributed by atoms with Gasteiger partial charge in [0.2, 0.25) is 0 Å². The summed E-state index contributed by atoms with van der Waals surface area (Å²) in [7, 11) is 1.40. The second kappa shape index (κ2) is 6.35. The van der Waals surface area contributed by atoms with Gasteiger partial charge in [0.1, 0.15) is 0 Å². The third-order valence-electron chi connectivity index (χ3n) is 3.24. The summed E-state index contributed by atoms with van der Waals surface area (Å²) >= 11 is 1.58. The first-order valence-electron chi connectivity index (χ1n) is 6.87.